The molecule has 2 aromatic rings. The lowest BCUT2D eigenvalue weighted by atomic mass is 10.2. The van der Waals surface area contributed by atoms with Crippen LogP contribution in [-0.4, -0.2) is 18.0 Å². The van der Waals surface area contributed by atoms with E-state index in [1.165, 1.54) is 11.5 Å². The van der Waals surface area contributed by atoms with Crippen LogP contribution in [0.5, 0.6) is 0 Å². The van der Waals surface area contributed by atoms with Gasteiger partial charge in [-0.05, 0) is 23.7 Å². The summed E-state index contributed by atoms with van der Waals surface area (Å²) in [5, 5.41) is 1.79. The largest absolute Gasteiger partial charge is 0.355 e. The van der Waals surface area contributed by atoms with Crippen molar-refractivity contribution in [2.75, 3.05) is 18.5 Å². The summed E-state index contributed by atoms with van der Waals surface area (Å²) in [5.74, 6) is 0.931. The maximum atomic E-state index is 6.16. The summed E-state index contributed by atoms with van der Waals surface area (Å²) in [6.45, 7) is 4.48. The molecule has 2 rings (SSSR count). The molecule has 2 nitrogen and oxygen atoms in total. The van der Waals surface area contributed by atoms with Gasteiger partial charge in [0.2, 0.25) is 0 Å². The van der Waals surface area contributed by atoms with Crippen molar-refractivity contribution in [2.45, 2.75) is 0 Å². The van der Waals surface area contributed by atoms with Crippen molar-refractivity contribution < 1.29 is 0 Å². The van der Waals surface area contributed by atoms with Crippen LogP contribution in [0.1, 0.15) is 0 Å². The van der Waals surface area contributed by atoms with E-state index < -0.39 is 0 Å². The highest BCUT2D eigenvalue weighted by Gasteiger charge is 2.12. The molecule has 78 valence electrons. The number of anilines is 1. The normalized spacial score (nSPS) is 10.5. The number of nitrogens with zero attached hydrogens (tertiary/aromatic N) is 2. The van der Waals surface area contributed by atoms with Crippen LogP contribution in [0.4, 0.5) is 5.82 Å². The molecule has 1 aromatic heterocycles. The minimum absolute atomic E-state index is 0.757. The average Bonchev–Trinajstić information content (AvgIpc) is 2.63. The van der Waals surface area contributed by atoms with Gasteiger partial charge in [-0.2, -0.15) is 4.37 Å². The molecule has 0 atom stereocenters. The molecule has 0 N–H and O–H groups in total. The van der Waals surface area contributed by atoms with E-state index in [-0.39, 0.29) is 0 Å². The minimum Gasteiger partial charge on any atom is -0.355 e. The Morgan fingerprint density at radius 1 is 1.60 bits per heavy atom. The van der Waals surface area contributed by atoms with Gasteiger partial charge in [-0.15, -0.1) is 6.58 Å². The Kier molecular flexibility index (Phi) is 2.93. The maximum Gasteiger partial charge on any atom is 0.151 e. The zero-order valence-corrected chi connectivity index (χ0v) is 9.98. The van der Waals surface area contributed by atoms with Crippen LogP contribution in [0, 0.1) is 0 Å². The Labute approximate surface area is 97.9 Å². The van der Waals surface area contributed by atoms with Crippen LogP contribution < -0.4 is 4.90 Å². The number of benzene rings is 1. The SMILES string of the molecule is C=CCN(C)c1nsc2cccc(Cl)c12. The molecule has 1 heterocycles. The summed E-state index contributed by atoms with van der Waals surface area (Å²) in [5.41, 5.74) is 0. The van der Waals surface area contributed by atoms with Gasteiger partial charge in [-0.1, -0.05) is 23.7 Å². The number of aromatic nitrogens is 1. The summed E-state index contributed by atoms with van der Waals surface area (Å²) in [6.07, 6.45) is 1.85. The topological polar surface area (TPSA) is 16.1 Å². The second-order valence-corrected chi connectivity index (χ2v) is 4.50. The Morgan fingerprint density at radius 3 is 3.13 bits per heavy atom. The fourth-order valence-corrected chi connectivity index (χ4v) is 2.64. The summed E-state index contributed by atoms with van der Waals surface area (Å²) in [7, 11) is 1.99. The number of rotatable bonds is 3. The fourth-order valence-electron chi connectivity index (χ4n) is 1.48. The third-order valence-corrected chi connectivity index (χ3v) is 3.31. The average molecular weight is 239 g/mol. The molecule has 0 aliphatic rings. The molecular formula is C11H11ClN2S. The summed E-state index contributed by atoms with van der Waals surface area (Å²) in [4.78, 5) is 2.04. The Hall–Kier alpha value is -1.06. The minimum atomic E-state index is 0.757. The van der Waals surface area contributed by atoms with E-state index in [2.05, 4.69) is 11.0 Å². The van der Waals surface area contributed by atoms with Crippen molar-refractivity contribution in [1.29, 1.82) is 0 Å². The molecule has 0 amide bonds. The van der Waals surface area contributed by atoms with Gasteiger partial charge in [-0.3, -0.25) is 0 Å². The van der Waals surface area contributed by atoms with E-state index in [4.69, 9.17) is 11.6 Å². The van der Waals surface area contributed by atoms with Crippen molar-refractivity contribution in [3.8, 4) is 0 Å². The molecule has 4 heteroatoms. The smallest absolute Gasteiger partial charge is 0.151 e. The van der Waals surface area contributed by atoms with Gasteiger partial charge in [0.25, 0.3) is 0 Å². The first-order valence-corrected chi connectivity index (χ1v) is 5.75. The van der Waals surface area contributed by atoms with Crippen LogP contribution in [0.15, 0.2) is 30.9 Å². The molecule has 0 saturated carbocycles. The van der Waals surface area contributed by atoms with E-state index in [1.54, 1.807) is 0 Å². The van der Waals surface area contributed by atoms with Crippen LogP contribution in [0.25, 0.3) is 10.1 Å². The van der Waals surface area contributed by atoms with Crippen LogP contribution in [0.2, 0.25) is 5.02 Å². The molecule has 0 unspecified atom stereocenters. The molecule has 0 saturated heterocycles. The maximum absolute atomic E-state index is 6.16. The van der Waals surface area contributed by atoms with Gasteiger partial charge >= 0.3 is 0 Å². The lowest BCUT2D eigenvalue weighted by molar-refractivity contribution is 1.02. The van der Waals surface area contributed by atoms with E-state index in [9.17, 15) is 0 Å². The quantitative estimate of drug-likeness (QED) is 0.760. The van der Waals surface area contributed by atoms with Crippen molar-refractivity contribution >= 4 is 39.0 Å². The lowest BCUT2D eigenvalue weighted by Crippen LogP contribution is -2.16. The molecule has 1 aromatic carbocycles. The fraction of sp³-hybridized carbons (Fsp3) is 0.182. The van der Waals surface area contributed by atoms with E-state index in [0.29, 0.717) is 0 Å². The van der Waals surface area contributed by atoms with E-state index in [0.717, 1.165) is 27.5 Å². The first kappa shape index (κ1) is 10.5. The first-order chi connectivity index (χ1) is 7.24. The summed E-state index contributed by atoms with van der Waals surface area (Å²) >= 11 is 7.63. The monoisotopic (exact) mass is 238 g/mol. The second kappa shape index (κ2) is 4.21. The van der Waals surface area contributed by atoms with Crippen LogP contribution in [0.3, 0.4) is 0 Å². The van der Waals surface area contributed by atoms with Gasteiger partial charge in [-0.25, -0.2) is 0 Å². The summed E-state index contributed by atoms with van der Waals surface area (Å²) < 4.78 is 5.53. The van der Waals surface area contributed by atoms with Gasteiger partial charge in [0, 0.05) is 13.6 Å². The van der Waals surface area contributed by atoms with Gasteiger partial charge in [0.1, 0.15) is 0 Å². The summed E-state index contributed by atoms with van der Waals surface area (Å²) in [6, 6.07) is 5.87. The zero-order valence-electron chi connectivity index (χ0n) is 8.40. The van der Waals surface area contributed by atoms with Gasteiger partial charge in [0.05, 0.1) is 15.1 Å². The highest BCUT2D eigenvalue weighted by atomic mass is 35.5. The third-order valence-electron chi connectivity index (χ3n) is 2.19. The number of hydrogen-bond donors (Lipinski definition) is 0. The molecule has 0 radical (unpaired) electrons. The first-order valence-electron chi connectivity index (χ1n) is 4.60. The van der Waals surface area contributed by atoms with Crippen molar-refractivity contribution in [2.24, 2.45) is 0 Å². The highest BCUT2D eigenvalue weighted by Crippen LogP contribution is 2.34. The second-order valence-electron chi connectivity index (χ2n) is 3.29. The van der Waals surface area contributed by atoms with Crippen molar-refractivity contribution in [3.63, 3.8) is 0 Å². The number of hydrogen-bond acceptors (Lipinski definition) is 3. The molecule has 0 aliphatic heterocycles. The third kappa shape index (κ3) is 1.85. The highest BCUT2D eigenvalue weighted by molar-refractivity contribution is 7.13. The Morgan fingerprint density at radius 2 is 2.40 bits per heavy atom. The Balaban J connectivity index is 2.56. The zero-order chi connectivity index (χ0) is 10.8. The van der Waals surface area contributed by atoms with E-state index in [1.807, 2.05) is 36.2 Å². The number of likely N-dealkylation sites (N-methyl/N-ethyl adjacent to an activating group) is 1. The molecule has 0 spiro atoms. The molecule has 0 bridgehead atoms. The predicted octanol–water partition coefficient (Wildman–Crippen LogP) is 3.57. The van der Waals surface area contributed by atoms with Crippen molar-refractivity contribution in [3.05, 3.63) is 35.9 Å². The molecule has 0 aliphatic carbocycles. The van der Waals surface area contributed by atoms with Crippen LogP contribution in [-0.2, 0) is 0 Å². The van der Waals surface area contributed by atoms with Crippen LogP contribution >= 0.6 is 23.1 Å². The molecular weight excluding hydrogens is 228 g/mol. The van der Waals surface area contributed by atoms with Gasteiger partial charge in [0.15, 0.2) is 5.82 Å². The predicted molar refractivity (Wildman–Crippen MR) is 68.1 cm³/mol. The van der Waals surface area contributed by atoms with E-state index >= 15 is 0 Å². The van der Waals surface area contributed by atoms with Gasteiger partial charge < -0.3 is 4.90 Å². The number of fused-ring (bicyclic) bond motifs is 1. The number of halogens is 1. The molecule has 0 fully saturated rings. The van der Waals surface area contributed by atoms with Crippen molar-refractivity contribution in [1.82, 2.24) is 4.37 Å². The lowest BCUT2D eigenvalue weighted by Gasteiger charge is -2.14. The standard InChI is InChI=1S/C11H11ClN2S/c1-3-7-14(2)11-10-8(12)5-4-6-9(10)15-13-11/h3-6H,1,7H2,2H3. The molecule has 15 heavy (non-hydrogen) atoms. The Bertz CT molecular complexity index is 492.